The van der Waals surface area contributed by atoms with Crippen molar-refractivity contribution in [3.8, 4) is 0 Å². The lowest BCUT2D eigenvalue weighted by atomic mass is 10.1. The zero-order valence-electron chi connectivity index (χ0n) is 12.5. The third-order valence-electron chi connectivity index (χ3n) is 3.66. The molecular formula is C14H27N3O2. The minimum absolute atomic E-state index is 0.245. The summed E-state index contributed by atoms with van der Waals surface area (Å²) in [5.41, 5.74) is -0.421. The fourth-order valence-corrected chi connectivity index (χ4v) is 2.48. The van der Waals surface area contributed by atoms with Gasteiger partial charge in [-0.3, -0.25) is 0 Å². The van der Waals surface area contributed by atoms with Crippen LogP contribution in [0.3, 0.4) is 0 Å². The van der Waals surface area contributed by atoms with E-state index in [1.165, 1.54) is 12.8 Å². The van der Waals surface area contributed by atoms with Crippen LogP contribution in [0.4, 0.5) is 4.79 Å². The number of hydrogen-bond donors (Lipinski definition) is 2. The molecule has 0 radical (unpaired) electrons. The quantitative estimate of drug-likeness (QED) is 0.812. The molecule has 2 N–H and O–H groups in total. The Kier molecular flexibility index (Phi) is 4.36. The smallest absolute Gasteiger partial charge is 0.407 e. The van der Waals surface area contributed by atoms with Crippen molar-refractivity contribution >= 4 is 6.09 Å². The summed E-state index contributed by atoms with van der Waals surface area (Å²) in [6, 6.07) is 1.28. The normalized spacial score (nSPS) is 29.1. The Labute approximate surface area is 116 Å². The highest BCUT2D eigenvalue weighted by atomic mass is 16.6. The van der Waals surface area contributed by atoms with Crippen molar-refractivity contribution in [2.24, 2.45) is 0 Å². The Morgan fingerprint density at radius 1 is 1.21 bits per heavy atom. The first-order chi connectivity index (χ1) is 8.83. The van der Waals surface area contributed by atoms with Gasteiger partial charge in [0, 0.05) is 18.1 Å². The van der Waals surface area contributed by atoms with E-state index in [0.717, 1.165) is 19.5 Å². The highest BCUT2D eigenvalue weighted by molar-refractivity contribution is 5.68. The lowest BCUT2D eigenvalue weighted by molar-refractivity contribution is 0.0521. The Morgan fingerprint density at radius 2 is 1.84 bits per heavy atom. The van der Waals surface area contributed by atoms with Crippen LogP contribution in [0.2, 0.25) is 0 Å². The predicted molar refractivity (Wildman–Crippen MR) is 75.2 cm³/mol. The predicted octanol–water partition coefficient (Wildman–Crippen LogP) is 1.34. The van der Waals surface area contributed by atoms with Crippen molar-refractivity contribution < 1.29 is 9.53 Å². The number of piperidine rings is 1. The van der Waals surface area contributed by atoms with Gasteiger partial charge in [0.2, 0.25) is 0 Å². The van der Waals surface area contributed by atoms with Gasteiger partial charge < -0.3 is 20.3 Å². The van der Waals surface area contributed by atoms with E-state index in [4.69, 9.17) is 4.74 Å². The van der Waals surface area contributed by atoms with Crippen molar-refractivity contribution in [2.45, 2.75) is 63.8 Å². The highest BCUT2D eigenvalue weighted by Crippen LogP contribution is 2.24. The van der Waals surface area contributed by atoms with E-state index in [2.05, 4.69) is 22.6 Å². The molecule has 0 spiro atoms. The number of alkyl carbamates (subject to hydrolysis) is 1. The van der Waals surface area contributed by atoms with Crippen molar-refractivity contribution in [3.05, 3.63) is 0 Å². The summed E-state index contributed by atoms with van der Waals surface area (Å²) < 4.78 is 5.26. The molecule has 0 bridgehead atoms. The summed E-state index contributed by atoms with van der Waals surface area (Å²) in [5.74, 6) is 0. The van der Waals surface area contributed by atoms with Gasteiger partial charge in [0.25, 0.3) is 0 Å². The maximum absolute atomic E-state index is 11.6. The molecule has 2 fully saturated rings. The van der Waals surface area contributed by atoms with Crippen molar-refractivity contribution in [3.63, 3.8) is 0 Å². The SMILES string of the molecule is CN1CCC(NC2CC2NC(=O)OC(C)(C)C)CC1. The van der Waals surface area contributed by atoms with Gasteiger partial charge in [0.1, 0.15) is 5.60 Å². The number of ether oxygens (including phenoxy) is 1. The van der Waals surface area contributed by atoms with Gasteiger partial charge in [0.15, 0.2) is 0 Å². The van der Waals surface area contributed by atoms with Crippen LogP contribution < -0.4 is 10.6 Å². The molecule has 0 aromatic carbocycles. The number of carbonyl (C=O) groups excluding carboxylic acids is 1. The number of hydrogen-bond acceptors (Lipinski definition) is 4. The van der Waals surface area contributed by atoms with Crippen LogP contribution in [-0.4, -0.2) is 54.9 Å². The van der Waals surface area contributed by atoms with Gasteiger partial charge in [-0.05, 0) is 60.2 Å². The molecule has 1 aliphatic heterocycles. The van der Waals surface area contributed by atoms with Gasteiger partial charge in [-0.1, -0.05) is 0 Å². The third kappa shape index (κ3) is 4.99. The molecule has 1 heterocycles. The second-order valence-electron chi connectivity index (χ2n) is 6.84. The molecule has 0 aromatic heterocycles. The average molecular weight is 269 g/mol. The number of nitrogens with zero attached hydrogens (tertiary/aromatic N) is 1. The summed E-state index contributed by atoms with van der Waals surface area (Å²) in [6.07, 6.45) is 3.12. The molecule has 2 unspecified atom stereocenters. The lowest BCUT2D eigenvalue weighted by Crippen LogP contribution is -2.44. The number of nitrogens with one attached hydrogen (secondary N) is 2. The summed E-state index contributed by atoms with van der Waals surface area (Å²) >= 11 is 0. The van der Waals surface area contributed by atoms with Crippen LogP contribution in [0.1, 0.15) is 40.0 Å². The van der Waals surface area contributed by atoms with Crippen LogP contribution in [-0.2, 0) is 4.74 Å². The molecule has 19 heavy (non-hydrogen) atoms. The van der Waals surface area contributed by atoms with E-state index < -0.39 is 5.60 Å². The van der Waals surface area contributed by atoms with E-state index in [9.17, 15) is 4.79 Å². The molecule has 1 aliphatic carbocycles. The first kappa shape index (κ1) is 14.6. The van der Waals surface area contributed by atoms with Gasteiger partial charge in [-0.25, -0.2) is 4.79 Å². The number of amides is 1. The molecule has 2 atom stereocenters. The van der Waals surface area contributed by atoms with Gasteiger partial charge >= 0.3 is 6.09 Å². The minimum atomic E-state index is -0.421. The Balaban J connectivity index is 1.63. The number of rotatable bonds is 3. The van der Waals surface area contributed by atoms with Crippen LogP contribution in [0, 0.1) is 0 Å². The van der Waals surface area contributed by atoms with E-state index in [-0.39, 0.29) is 12.1 Å². The number of likely N-dealkylation sites (tertiary alicyclic amines) is 1. The second-order valence-corrected chi connectivity index (χ2v) is 6.84. The molecule has 2 rings (SSSR count). The highest BCUT2D eigenvalue weighted by Gasteiger charge is 2.40. The van der Waals surface area contributed by atoms with Crippen LogP contribution in [0.25, 0.3) is 0 Å². The summed E-state index contributed by atoms with van der Waals surface area (Å²) in [6.45, 7) is 7.97. The van der Waals surface area contributed by atoms with Crippen LogP contribution in [0.15, 0.2) is 0 Å². The molecule has 5 heteroatoms. The Bertz CT molecular complexity index is 319. The molecule has 5 nitrogen and oxygen atoms in total. The second kappa shape index (κ2) is 5.67. The van der Waals surface area contributed by atoms with Crippen molar-refractivity contribution in [2.75, 3.05) is 20.1 Å². The fourth-order valence-electron chi connectivity index (χ4n) is 2.48. The van der Waals surface area contributed by atoms with Gasteiger partial charge in [-0.2, -0.15) is 0 Å². The zero-order chi connectivity index (χ0) is 14.0. The van der Waals surface area contributed by atoms with Crippen LogP contribution in [0.5, 0.6) is 0 Å². The molecule has 2 aliphatic rings. The average Bonchev–Trinajstić information content (AvgIpc) is 2.97. The third-order valence-corrected chi connectivity index (χ3v) is 3.66. The molecular weight excluding hydrogens is 242 g/mol. The molecule has 1 amide bonds. The van der Waals surface area contributed by atoms with E-state index in [1.54, 1.807) is 0 Å². The Hall–Kier alpha value is -0.810. The van der Waals surface area contributed by atoms with Crippen molar-refractivity contribution in [1.82, 2.24) is 15.5 Å². The summed E-state index contributed by atoms with van der Waals surface area (Å²) in [4.78, 5) is 14.0. The van der Waals surface area contributed by atoms with E-state index >= 15 is 0 Å². The van der Waals surface area contributed by atoms with Gasteiger partial charge in [-0.15, -0.1) is 0 Å². The Morgan fingerprint density at radius 3 is 2.42 bits per heavy atom. The first-order valence-electron chi connectivity index (χ1n) is 7.27. The summed E-state index contributed by atoms with van der Waals surface area (Å²) in [7, 11) is 2.17. The maximum Gasteiger partial charge on any atom is 0.407 e. The molecule has 110 valence electrons. The molecule has 0 aromatic rings. The van der Waals surface area contributed by atoms with Crippen LogP contribution >= 0.6 is 0 Å². The summed E-state index contributed by atoms with van der Waals surface area (Å²) in [5, 5.41) is 6.56. The fraction of sp³-hybridized carbons (Fsp3) is 0.929. The minimum Gasteiger partial charge on any atom is -0.444 e. The first-order valence-corrected chi connectivity index (χ1v) is 7.27. The maximum atomic E-state index is 11.6. The number of carbonyl (C=O) groups is 1. The monoisotopic (exact) mass is 269 g/mol. The lowest BCUT2D eigenvalue weighted by Gasteiger charge is -2.29. The molecule has 1 saturated heterocycles. The largest absolute Gasteiger partial charge is 0.444 e. The topological polar surface area (TPSA) is 53.6 Å². The van der Waals surface area contributed by atoms with Gasteiger partial charge in [0.05, 0.1) is 0 Å². The van der Waals surface area contributed by atoms with Crippen molar-refractivity contribution in [1.29, 1.82) is 0 Å². The van der Waals surface area contributed by atoms with E-state index in [1.807, 2.05) is 20.8 Å². The standard InChI is InChI=1S/C14H27N3O2/c1-14(2,3)19-13(18)16-12-9-11(12)15-10-5-7-17(4)8-6-10/h10-12,15H,5-9H2,1-4H3,(H,16,18). The zero-order valence-corrected chi connectivity index (χ0v) is 12.5. The van der Waals surface area contributed by atoms with E-state index in [0.29, 0.717) is 12.1 Å². The molecule has 1 saturated carbocycles.